The largest absolute Gasteiger partial charge is 2.00 e. The predicted molar refractivity (Wildman–Crippen MR) is 169 cm³/mol. The van der Waals surface area contributed by atoms with Crippen LogP contribution in [0.25, 0.3) is 44.4 Å². The fourth-order valence-corrected chi connectivity index (χ4v) is 6.24. The molecule has 0 fully saturated rings. The van der Waals surface area contributed by atoms with Gasteiger partial charge in [-0.25, -0.2) is 9.37 Å². The van der Waals surface area contributed by atoms with Crippen molar-refractivity contribution in [1.29, 1.82) is 0 Å². The van der Waals surface area contributed by atoms with Gasteiger partial charge in [0.15, 0.2) is 0 Å². The summed E-state index contributed by atoms with van der Waals surface area (Å²) in [5, 5.41) is 6.91. The summed E-state index contributed by atoms with van der Waals surface area (Å²) in [5.74, 6) is 1.18. The third kappa shape index (κ3) is 5.03. The maximum Gasteiger partial charge on any atom is 2.00 e. The third-order valence-electron chi connectivity index (χ3n) is 7.91. The first-order chi connectivity index (χ1) is 20.8. The van der Waals surface area contributed by atoms with Crippen molar-refractivity contribution in [3.8, 4) is 34.1 Å². The van der Waals surface area contributed by atoms with Gasteiger partial charge in [0.2, 0.25) is 0 Å². The zero-order chi connectivity index (χ0) is 29.8. The molecule has 3 heterocycles. The van der Waals surface area contributed by atoms with Gasteiger partial charge in [0.1, 0.15) is 11.6 Å². The van der Waals surface area contributed by atoms with E-state index in [9.17, 15) is 4.39 Å². The summed E-state index contributed by atoms with van der Waals surface area (Å²) in [5.41, 5.74) is 10.6. The Labute approximate surface area is 269 Å². The van der Waals surface area contributed by atoms with Gasteiger partial charge in [-0.15, -0.1) is 35.7 Å². The molecule has 7 aromatic rings. The Morgan fingerprint density at radius 1 is 0.750 bits per heavy atom. The van der Waals surface area contributed by atoms with Gasteiger partial charge in [-0.1, -0.05) is 41.4 Å². The number of halogens is 1. The normalized spacial score (nSPS) is 11.2. The van der Waals surface area contributed by atoms with Crippen LogP contribution >= 0.6 is 0 Å². The van der Waals surface area contributed by atoms with Gasteiger partial charge in [-0.3, -0.25) is 4.68 Å². The fraction of sp³-hybridized carbons (Fsp3) is 0.135. The molecular formula is C37H29FN4OPd. The molecule has 0 aliphatic rings. The number of ether oxygens (including phenoxy) is 1. The van der Waals surface area contributed by atoms with Crippen LogP contribution in [0.15, 0.2) is 85.1 Å². The number of hydrogen-bond acceptors (Lipinski definition) is 3. The second-order valence-corrected chi connectivity index (χ2v) is 11.0. The molecule has 0 saturated carbocycles. The van der Waals surface area contributed by atoms with Crippen LogP contribution in [0.5, 0.6) is 11.5 Å². The summed E-state index contributed by atoms with van der Waals surface area (Å²) in [6, 6.07) is 31.7. The molecule has 0 aliphatic carbocycles. The summed E-state index contributed by atoms with van der Waals surface area (Å²) in [6.07, 6.45) is 1.47. The van der Waals surface area contributed by atoms with Crippen LogP contribution in [0.3, 0.4) is 0 Å². The van der Waals surface area contributed by atoms with Gasteiger partial charge in [0.25, 0.3) is 0 Å². The Bertz CT molecular complexity index is 2170. The Balaban J connectivity index is 0.00000343. The van der Waals surface area contributed by atoms with Crippen LogP contribution < -0.4 is 4.74 Å². The van der Waals surface area contributed by atoms with E-state index in [1.54, 1.807) is 0 Å². The average molecular weight is 671 g/mol. The number of pyridine rings is 1. The number of hydrogen-bond donors (Lipinski definition) is 0. The van der Waals surface area contributed by atoms with E-state index in [4.69, 9.17) is 9.84 Å². The molecule has 44 heavy (non-hydrogen) atoms. The van der Waals surface area contributed by atoms with Crippen molar-refractivity contribution < 1.29 is 29.6 Å². The summed E-state index contributed by atoms with van der Waals surface area (Å²) < 4.78 is 24.4. The monoisotopic (exact) mass is 670 g/mol. The molecule has 7 rings (SSSR count). The second kappa shape index (κ2) is 11.5. The van der Waals surface area contributed by atoms with Crippen molar-refractivity contribution in [3.63, 3.8) is 0 Å². The standard InChI is InChI=1S/C37H29FN4O.Pd/c1-22-17-23(2)36(24(3)18-22)37-25(4)40-42(26(37)5)28-9-8-10-29(20-28)43-30-13-14-32-31-11-6-7-12-33(31)41(34(32)21-30)35-19-27(38)15-16-39-35;/h6-19H,1-5H3;/q-2;+2. The van der Waals surface area contributed by atoms with E-state index in [1.807, 2.05) is 63.8 Å². The minimum Gasteiger partial charge on any atom is -0.509 e. The molecule has 0 bridgehead atoms. The first kappa shape index (κ1) is 29.5. The topological polar surface area (TPSA) is 44.9 Å². The van der Waals surface area contributed by atoms with E-state index in [-0.39, 0.29) is 26.2 Å². The number of aromatic nitrogens is 4. The van der Waals surface area contributed by atoms with E-state index in [1.165, 1.54) is 40.6 Å². The Hall–Kier alpha value is -4.57. The van der Waals surface area contributed by atoms with Crippen molar-refractivity contribution in [2.45, 2.75) is 34.6 Å². The van der Waals surface area contributed by atoms with Gasteiger partial charge >= 0.3 is 20.4 Å². The number of rotatable bonds is 5. The van der Waals surface area contributed by atoms with E-state index in [2.05, 4.69) is 63.9 Å². The number of benzene rings is 4. The molecule has 0 atom stereocenters. The smallest absolute Gasteiger partial charge is 0.509 e. The minimum atomic E-state index is -0.352. The van der Waals surface area contributed by atoms with Crippen LogP contribution in [-0.4, -0.2) is 19.3 Å². The summed E-state index contributed by atoms with van der Waals surface area (Å²) >= 11 is 0. The van der Waals surface area contributed by atoms with Crippen LogP contribution in [0.2, 0.25) is 0 Å². The fourth-order valence-electron chi connectivity index (χ4n) is 6.24. The van der Waals surface area contributed by atoms with E-state index in [0.29, 0.717) is 17.3 Å². The molecule has 4 aromatic carbocycles. The van der Waals surface area contributed by atoms with Gasteiger partial charge in [0, 0.05) is 40.5 Å². The average Bonchev–Trinajstić information content (AvgIpc) is 3.46. The predicted octanol–water partition coefficient (Wildman–Crippen LogP) is 9.10. The molecule has 5 nitrogen and oxygen atoms in total. The van der Waals surface area contributed by atoms with E-state index >= 15 is 0 Å². The van der Waals surface area contributed by atoms with Crippen molar-refractivity contribution in [2.24, 2.45) is 0 Å². The zero-order valence-corrected chi connectivity index (χ0v) is 26.5. The van der Waals surface area contributed by atoms with Crippen molar-refractivity contribution in [1.82, 2.24) is 19.3 Å². The number of fused-ring (bicyclic) bond motifs is 3. The van der Waals surface area contributed by atoms with Crippen molar-refractivity contribution >= 4 is 21.8 Å². The van der Waals surface area contributed by atoms with Gasteiger partial charge in [-0.2, -0.15) is 17.2 Å². The van der Waals surface area contributed by atoms with E-state index in [0.717, 1.165) is 44.4 Å². The van der Waals surface area contributed by atoms with Crippen LogP contribution in [0.1, 0.15) is 28.1 Å². The summed E-state index contributed by atoms with van der Waals surface area (Å²) in [6.45, 7) is 10.6. The number of nitrogens with zero attached hydrogens (tertiary/aromatic N) is 4. The quantitative estimate of drug-likeness (QED) is 0.136. The summed E-state index contributed by atoms with van der Waals surface area (Å²) in [7, 11) is 0. The molecule has 0 spiro atoms. The van der Waals surface area contributed by atoms with E-state index < -0.39 is 0 Å². The molecular weight excluding hydrogens is 642 g/mol. The molecule has 7 heteroatoms. The molecule has 0 saturated heterocycles. The van der Waals surface area contributed by atoms with Gasteiger partial charge < -0.3 is 9.30 Å². The van der Waals surface area contributed by atoms with Crippen LogP contribution in [0, 0.1) is 52.6 Å². The first-order valence-electron chi connectivity index (χ1n) is 14.2. The molecule has 0 N–H and O–H groups in total. The van der Waals surface area contributed by atoms with Crippen LogP contribution in [0.4, 0.5) is 4.39 Å². The molecule has 0 unspecified atom stereocenters. The van der Waals surface area contributed by atoms with Crippen molar-refractivity contribution in [3.05, 3.63) is 131 Å². The molecule has 220 valence electrons. The molecule has 0 amide bonds. The SMILES string of the molecule is Cc1cc(C)c(-c2c(C)nn(-c3[c-]c(Oc4[c-]c5c(cc4)c4ccccc4n5-c4cc(F)ccn4)ccc3)c2C)c(C)c1.[Pd+2]. The second-order valence-electron chi connectivity index (χ2n) is 11.0. The Kier molecular flexibility index (Phi) is 7.71. The number of para-hydroxylation sites is 1. The van der Waals surface area contributed by atoms with Crippen molar-refractivity contribution in [2.75, 3.05) is 0 Å². The van der Waals surface area contributed by atoms with Gasteiger partial charge in [-0.05, 0) is 74.5 Å². The molecule has 0 aliphatic heterocycles. The maximum atomic E-state index is 14.2. The maximum absolute atomic E-state index is 14.2. The first-order valence-corrected chi connectivity index (χ1v) is 14.2. The molecule has 0 radical (unpaired) electrons. The Morgan fingerprint density at radius 3 is 2.27 bits per heavy atom. The van der Waals surface area contributed by atoms with Gasteiger partial charge in [0.05, 0.1) is 5.69 Å². The third-order valence-corrected chi connectivity index (χ3v) is 7.91. The zero-order valence-electron chi connectivity index (χ0n) is 25.0. The summed E-state index contributed by atoms with van der Waals surface area (Å²) in [4.78, 5) is 4.44. The molecule has 3 aromatic heterocycles. The van der Waals surface area contributed by atoms with Crippen LogP contribution in [-0.2, 0) is 20.4 Å². The minimum absolute atomic E-state index is 0. The Morgan fingerprint density at radius 2 is 1.50 bits per heavy atom. The number of aryl methyl sites for hydroxylation is 4.